The lowest BCUT2D eigenvalue weighted by Gasteiger charge is -2.32. The highest BCUT2D eigenvalue weighted by Gasteiger charge is 2.24. The number of nitrogens with zero attached hydrogens (tertiary/aromatic N) is 3. The highest BCUT2D eigenvalue weighted by molar-refractivity contribution is 5.91. The molecule has 2 heterocycles. The van der Waals surface area contributed by atoms with E-state index in [4.69, 9.17) is 4.74 Å². The second kappa shape index (κ2) is 7.44. The summed E-state index contributed by atoms with van der Waals surface area (Å²) >= 11 is 0. The van der Waals surface area contributed by atoms with E-state index in [1.165, 1.54) is 12.1 Å². The summed E-state index contributed by atoms with van der Waals surface area (Å²) in [7, 11) is 0. The van der Waals surface area contributed by atoms with E-state index in [1.807, 2.05) is 6.92 Å². The third-order valence-corrected chi connectivity index (χ3v) is 4.02. The number of ether oxygens (including phenoxy) is 1. The van der Waals surface area contributed by atoms with Gasteiger partial charge in [-0.15, -0.1) is 0 Å². The molecule has 0 spiro atoms. The summed E-state index contributed by atoms with van der Waals surface area (Å²) in [6.07, 6.45) is 5.29. The van der Waals surface area contributed by atoms with Crippen molar-refractivity contribution in [2.45, 2.75) is 25.9 Å². The highest BCUT2D eigenvalue weighted by atomic mass is 19.1. The van der Waals surface area contributed by atoms with Gasteiger partial charge in [-0.05, 0) is 44.0 Å². The van der Waals surface area contributed by atoms with Crippen molar-refractivity contribution in [2.75, 3.05) is 25.0 Å². The number of hydrogen-bond donors (Lipinski definition) is 1. The first-order valence-electron chi connectivity index (χ1n) is 8.14. The first-order valence-corrected chi connectivity index (χ1v) is 8.14. The average Bonchev–Trinajstić information content (AvgIpc) is 3.10. The van der Waals surface area contributed by atoms with Gasteiger partial charge in [0.2, 0.25) is 0 Å². The van der Waals surface area contributed by atoms with Crippen LogP contribution in [0.4, 0.5) is 14.9 Å². The summed E-state index contributed by atoms with van der Waals surface area (Å²) in [6.45, 7) is 3.80. The Morgan fingerprint density at radius 3 is 3.12 bits per heavy atom. The highest BCUT2D eigenvalue weighted by Crippen LogP contribution is 2.22. The van der Waals surface area contributed by atoms with Crippen LogP contribution in [-0.4, -0.2) is 46.5 Å². The minimum absolute atomic E-state index is 0.0626. The summed E-state index contributed by atoms with van der Waals surface area (Å²) in [5.41, 5.74) is 1.01. The predicted molar refractivity (Wildman–Crippen MR) is 88.8 cm³/mol. The number of benzene rings is 1. The van der Waals surface area contributed by atoms with E-state index in [9.17, 15) is 9.18 Å². The molecule has 1 fully saturated rings. The Morgan fingerprint density at radius 2 is 2.38 bits per heavy atom. The molecule has 128 valence electrons. The third-order valence-electron chi connectivity index (χ3n) is 4.02. The van der Waals surface area contributed by atoms with Gasteiger partial charge in [0.15, 0.2) is 0 Å². The Kier molecular flexibility index (Phi) is 5.10. The van der Waals surface area contributed by atoms with Gasteiger partial charge in [-0.3, -0.25) is 0 Å². The Morgan fingerprint density at radius 1 is 1.50 bits per heavy atom. The van der Waals surface area contributed by atoms with Crippen molar-refractivity contribution < 1.29 is 13.9 Å². The molecule has 1 atom stereocenters. The first kappa shape index (κ1) is 16.4. The van der Waals surface area contributed by atoms with Gasteiger partial charge in [-0.2, -0.15) is 5.10 Å². The Balaban J connectivity index is 1.75. The van der Waals surface area contributed by atoms with Gasteiger partial charge in [-0.25, -0.2) is 13.9 Å². The van der Waals surface area contributed by atoms with Crippen LogP contribution in [0.15, 0.2) is 36.7 Å². The van der Waals surface area contributed by atoms with Gasteiger partial charge in [0.05, 0.1) is 17.5 Å². The van der Waals surface area contributed by atoms with Crippen LogP contribution in [0.25, 0.3) is 5.69 Å². The van der Waals surface area contributed by atoms with Crippen molar-refractivity contribution in [3.05, 3.63) is 42.5 Å². The monoisotopic (exact) mass is 332 g/mol. The summed E-state index contributed by atoms with van der Waals surface area (Å²) in [5, 5.41) is 6.94. The van der Waals surface area contributed by atoms with Gasteiger partial charge < -0.3 is 15.0 Å². The molecule has 7 heteroatoms. The van der Waals surface area contributed by atoms with Crippen molar-refractivity contribution in [1.29, 1.82) is 0 Å². The van der Waals surface area contributed by atoms with Gasteiger partial charge in [0.25, 0.3) is 0 Å². The fourth-order valence-electron chi connectivity index (χ4n) is 2.91. The normalized spacial score (nSPS) is 17.8. The number of carbonyl (C=O) groups is 1. The number of aromatic nitrogens is 2. The minimum atomic E-state index is -0.410. The summed E-state index contributed by atoms with van der Waals surface area (Å²) in [6, 6.07) is 5.76. The fraction of sp³-hybridized carbons (Fsp3) is 0.412. The Bertz CT molecular complexity index is 688. The number of hydrogen-bond acceptors (Lipinski definition) is 3. The second-order valence-electron chi connectivity index (χ2n) is 5.71. The molecule has 2 aromatic rings. The second-order valence-corrected chi connectivity index (χ2v) is 5.71. The van der Waals surface area contributed by atoms with E-state index in [2.05, 4.69) is 10.4 Å². The topological polar surface area (TPSA) is 59.4 Å². The molecule has 1 aliphatic rings. The van der Waals surface area contributed by atoms with Crippen molar-refractivity contribution >= 4 is 11.7 Å². The molecule has 0 saturated carbocycles. The standard InChI is InChI=1S/C17H21FN4O2/c1-2-24-14-5-3-9-21(12-14)17(23)20-15-11-13(18)6-7-16(15)22-10-4-8-19-22/h4,6-8,10-11,14H,2-3,5,9,12H2,1H3,(H,20,23)/t14-/m1/s1. The fourth-order valence-corrected chi connectivity index (χ4v) is 2.91. The molecule has 1 N–H and O–H groups in total. The van der Waals surface area contributed by atoms with Gasteiger partial charge in [0.1, 0.15) is 5.82 Å². The van der Waals surface area contributed by atoms with Crippen LogP contribution < -0.4 is 5.32 Å². The number of amides is 2. The van der Waals surface area contributed by atoms with Crippen LogP contribution in [0.3, 0.4) is 0 Å². The number of halogens is 1. The Labute approximate surface area is 140 Å². The molecule has 0 radical (unpaired) electrons. The molecule has 1 aromatic heterocycles. The molecule has 1 saturated heterocycles. The number of likely N-dealkylation sites (tertiary alicyclic amines) is 1. The van der Waals surface area contributed by atoms with Gasteiger partial charge >= 0.3 is 6.03 Å². The summed E-state index contributed by atoms with van der Waals surface area (Å²) in [4.78, 5) is 14.3. The molecule has 0 aliphatic carbocycles. The molecule has 1 aliphatic heterocycles. The molecular weight excluding hydrogens is 311 g/mol. The minimum Gasteiger partial charge on any atom is -0.377 e. The molecular formula is C17H21FN4O2. The van der Waals surface area contributed by atoms with E-state index >= 15 is 0 Å². The van der Waals surface area contributed by atoms with Crippen molar-refractivity contribution in [3.63, 3.8) is 0 Å². The van der Waals surface area contributed by atoms with E-state index in [-0.39, 0.29) is 12.1 Å². The SMILES string of the molecule is CCO[C@@H]1CCCN(C(=O)Nc2cc(F)ccc2-n2cccn2)C1. The zero-order valence-electron chi connectivity index (χ0n) is 13.6. The first-order chi connectivity index (χ1) is 11.7. The summed E-state index contributed by atoms with van der Waals surface area (Å²) < 4.78 is 20.8. The van der Waals surface area contributed by atoms with E-state index < -0.39 is 5.82 Å². The number of urea groups is 1. The largest absolute Gasteiger partial charge is 0.377 e. The zero-order valence-corrected chi connectivity index (χ0v) is 13.6. The summed E-state index contributed by atoms with van der Waals surface area (Å²) in [5.74, 6) is -0.410. The maximum absolute atomic E-state index is 13.6. The van der Waals surface area contributed by atoms with Crippen LogP contribution in [-0.2, 0) is 4.74 Å². The number of rotatable bonds is 4. The van der Waals surface area contributed by atoms with Crippen molar-refractivity contribution in [1.82, 2.24) is 14.7 Å². The zero-order chi connectivity index (χ0) is 16.9. The van der Waals surface area contributed by atoms with E-state index in [0.29, 0.717) is 31.1 Å². The lowest BCUT2D eigenvalue weighted by molar-refractivity contribution is 0.0181. The van der Waals surface area contributed by atoms with E-state index in [1.54, 1.807) is 34.1 Å². The molecule has 1 aromatic carbocycles. The quantitative estimate of drug-likeness (QED) is 0.936. The number of anilines is 1. The molecule has 0 bridgehead atoms. The molecule has 6 nitrogen and oxygen atoms in total. The van der Waals surface area contributed by atoms with E-state index in [0.717, 1.165) is 12.8 Å². The van der Waals surface area contributed by atoms with Gasteiger partial charge in [-0.1, -0.05) is 0 Å². The molecule has 3 rings (SSSR count). The number of nitrogens with one attached hydrogen (secondary N) is 1. The third kappa shape index (κ3) is 3.73. The predicted octanol–water partition coefficient (Wildman–Crippen LogP) is 3.04. The number of piperidine rings is 1. The molecule has 0 unspecified atom stereocenters. The number of carbonyl (C=O) groups excluding carboxylic acids is 1. The average molecular weight is 332 g/mol. The lowest BCUT2D eigenvalue weighted by atomic mass is 10.1. The van der Waals surface area contributed by atoms with Crippen molar-refractivity contribution in [2.24, 2.45) is 0 Å². The van der Waals surface area contributed by atoms with Crippen LogP contribution in [0.5, 0.6) is 0 Å². The maximum Gasteiger partial charge on any atom is 0.321 e. The smallest absolute Gasteiger partial charge is 0.321 e. The van der Waals surface area contributed by atoms with Crippen LogP contribution in [0, 0.1) is 5.82 Å². The van der Waals surface area contributed by atoms with Crippen LogP contribution in [0.1, 0.15) is 19.8 Å². The molecule has 24 heavy (non-hydrogen) atoms. The maximum atomic E-state index is 13.6. The Hall–Kier alpha value is -2.41. The van der Waals surface area contributed by atoms with Crippen LogP contribution >= 0.6 is 0 Å². The lowest BCUT2D eigenvalue weighted by Crippen LogP contribution is -2.45. The van der Waals surface area contributed by atoms with Crippen molar-refractivity contribution in [3.8, 4) is 5.69 Å². The van der Waals surface area contributed by atoms with Gasteiger partial charge in [0, 0.05) is 32.1 Å². The molecule has 2 amide bonds. The van der Waals surface area contributed by atoms with Crippen LogP contribution in [0.2, 0.25) is 0 Å².